The van der Waals surface area contributed by atoms with Crippen molar-refractivity contribution in [2.75, 3.05) is 0 Å². The van der Waals surface area contributed by atoms with E-state index in [-0.39, 0.29) is 5.82 Å². The second kappa shape index (κ2) is 4.59. The Hall–Kier alpha value is -2.82. The highest BCUT2D eigenvalue weighted by atomic mass is 19.1. The van der Waals surface area contributed by atoms with Crippen molar-refractivity contribution >= 4 is 21.9 Å². The summed E-state index contributed by atoms with van der Waals surface area (Å²) in [6, 6.07) is 13.1. The van der Waals surface area contributed by atoms with Gasteiger partial charge in [-0.3, -0.25) is 4.98 Å². The molecule has 0 radical (unpaired) electrons. The van der Waals surface area contributed by atoms with E-state index >= 15 is 0 Å². The Kier molecular flexibility index (Phi) is 2.69. The number of fused-ring (bicyclic) bond motifs is 2. The molecule has 2 heterocycles. The largest absolute Gasteiger partial charge is 0.253 e. The van der Waals surface area contributed by atoms with Crippen LogP contribution >= 0.6 is 0 Å². The molecule has 0 unspecified atom stereocenters. The van der Waals surface area contributed by atoms with Crippen LogP contribution in [0.15, 0.2) is 42.5 Å². The minimum atomic E-state index is -0.228. The summed E-state index contributed by atoms with van der Waals surface area (Å²) >= 11 is 0. The van der Waals surface area contributed by atoms with Gasteiger partial charge in [-0.05, 0) is 44.2 Å². The summed E-state index contributed by atoms with van der Waals surface area (Å²) in [5.41, 5.74) is 4.40. The zero-order chi connectivity index (χ0) is 15.3. The van der Waals surface area contributed by atoms with Crippen molar-refractivity contribution < 1.29 is 4.39 Å². The van der Waals surface area contributed by atoms with E-state index in [9.17, 15) is 4.39 Å². The maximum absolute atomic E-state index is 14.5. The first-order valence-electron chi connectivity index (χ1n) is 7.02. The predicted octanol–water partition coefficient (Wildman–Crippen LogP) is 3.72. The zero-order valence-corrected chi connectivity index (χ0v) is 12.2. The van der Waals surface area contributed by atoms with Gasteiger partial charge < -0.3 is 0 Å². The molecule has 0 amide bonds. The molecule has 0 atom stereocenters. The highest BCUT2D eigenvalue weighted by Gasteiger charge is 2.12. The number of benzene rings is 2. The van der Waals surface area contributed by atoms with E-state index in [1.165, 1.54) is 0 Å². The molecule has 0 N–H and O–H groups in total. The fourth-order valence-electron chi connectivity index (χ4n) is 2.61. The predicted molar refractivity (Wildman–Crippen MR) is 83.6 cm³/mol. The Morgan fingerprint density at radius 2 is 1.82 bits per heavy atom. The Morgan fingerprint density at radius 3 is 2.68 bits per heavy atom. The molecule has 0 spiro atoms. The van der Waals surface area contributed by atoms with Crippen LogP contribution < -0.4 is 0 Å². The van der Waals surface area contributed by atoms with Crippen molar-refractivity contribution in [1.29, 1.82) is 0 Å². The van der Waals surface area contributed by atoms with Crippen molar-refractivity contribution in [3.05, 3.63) is 59.5 Å². The lowest BCUT2D eigenvalue weighted by Crippen LogP contribution is -1.99. The molecule has 2 aromatic carbocycles. The lowest BCUT2D eigenvalue weighted by atomic mass is 10.1. The molecular weight excluding hydrogens is 279 g/mol. The summed E-state index contributed by atoms with van der Waals surface area (Å²) in [4.78, 5) is 4.44. The third kappa shape index (κ3) is 1.79. The van der Waals surface area contributed by atoms with Crippen LogP contribution in [0.5, 0.6) is 0 Å². The highest BCUT2D eigenvalue weighted by Crippen LogP contribution is 2.25. The van der Waals surface area contributed by atoms with Crippen LogP contribution in [0.25, 0.3) is 27.6 Å². The van der Waals surface area contributed by atoms with E-state index in [1.807, 2.05) is 43.3 Å². The number of nitrogens with zero attached hydrogens (tertiary/aromatic N) is 4. The van der Waals surface area contributed by atoms with Crippen molar-refractivity contribution in [3.63, 3.8) is 0 Å². The van der Waals surface area contributed by atoms with Crippen LogP contribution in [-0.2, 0) is 0 Å². The van der Waals surface area contributed by atoms with Gasteiger partial charge in [-0.15, -0.1) is 5.10 Å². The number of para-hydroxylation sites is 1. The summed E-state index contributed by atoms with van der Waals surface area (Å²) < 4.78 is 16.2. The van der Waals surface area contributed by atoms with Crippen molar-refractivity contribution in [1.82, 2.24) is 20.0 Å². The quantitative estimate of drug-likeness (QED) is 0.537. The molecule has 4 aromatic rings. The second-order valence-electron chi connectivity index (χ2n) is 5.33. The number of halogens is 1. The molecule has 4 nitrogen and oxygen atoms in total. The normalized spacial score (nSPS) is 11.4. The summed E-state index contributed by atoms with van der Waals surface area (Å²) in [5.74, 6) is -0.228. The second-order valence-corrected chi connectivity index (χ2v) is 5.33. The number of aromatic nitrogens is 4. The van der Waals surface area contributed by atoms with Gasteiger partial charge in [0.15, 0.2) is 0 Å². The first-order chi connectivity index (χ1) is 10.6. The van der Waals surface area contributed by atoms with Crippen LogP contribution in [0.4, 0.5) is 4.39 Å². The van der Waals surface area contributed by atoms with Crippen molar-refractivity contribution in [2.45, 2.75) is 13.8 Å². The monoisotopic (exact) mass is 292 g/mol. The molecule has 0 aliphatic carbocycles. The third-order valence-corrected chi connectivity index (χ3v) is 3.97. The molecule has 0 aliphatic heterocycles. The van der Waals surface area contributed by atoms with Crippen LogP contribution in [0.1, 0.15) is 11.3 Å². The molecule has 0 saturated heterocycles. The van der Waals surface area contributed by atoms with E-state index in [1.54, 1.807) is 17.7 Å². The highest BCUT2D eigenvalue weighted by molar-refractivity contribution is 5.84. The molecule has 4 rings (SSSR count). The molecular formula is C17H13FN4. The fourth-order valence-corrected chi connectivity index (χ4v) is 2.61. The maximum Gasteiger partial charge on any atom is 0.137 e. The first-order valence-corrected chi connectivity index (χ1v) is 7.02. The average Bonchev–Trinajstić information content (AvgIpc) is 2.97. The number of pyridine rings is 1. The number of aryl methyl sites for hydroxylation is 1. The smallest absolute Gasteiger partial charge is 0.137 e. The molecule has 108 valence electrons. The Morgan fingerprint density at radius 1 is 1.00 bits per heavy atom. The zero-order valence-electron chi connectivity index (χ0n) is 12.2. The lowest BCUT2D eigenvalue weighted by Gasteiger charge is -2.08. The average molecular weight is 292 g/mol. The first kappa shape index (κ1) is 12.9. The molecule has 2 aromatic heterocycles. The molecule has 22 heavy (non-hydrogen) atoms. The van der Waals surface area contributed by atoms with E-state index in [4.69, 9.17) is 0 Å². The van der Waals surface area contributed by atoms with Gasteiger partial charge in [0, 0.05) is 16.6 Å². The molecule has 0 fully saturated rings. The number of hydrogen-bond acceptors (Lipinski definition) is 3. The Balaban J connectivity index is 2.00. The summed E-state index contributed by atoms with van der Waals surface area (Å²) in [6.45, 7) is 3.56. The third-order valence-electron chi connectivity index (χ3n) is 3.97. The Labute approximate surface area is 126 Å². The van der Waals surface area contributed by atoms with Crippen LogP contribution in [-0.4, -0.2) is 20.0 Å². The fraction of sp³-hybridized carbons (Fsp3) is 0.118. The molecule has 0 saturated carbocycles. The van der Waals surface area contributed by atoms with Crippen molar-refractivity contribution in [2.24, 2.45) is 0 Å². The summed E-state index contributed by atoms with van der Waals surface area (Å²) in [7, 11) is 0. The van der Waals surface area contributed by atoms with Gasteiger partial charge in [0.25, 0.3) is 0 Å². The van der Waals surface area contributed by atoms with Gasteiger partial charge in [-0.25, -0.2) is 9.07 Å². The van der Waals surface area contributed by atoms with Crippen LogP contribution in [0.2, 0.25) is 0 Å². The standard InChI is InChI=1S/C17H13FN4/c1-10-11(2)19-14-8-7-12(9-13(14)17(10)18)22-16-6-4-3-5-15(16)20-21-22/h3-9H,1-2H3. The van der Waals surface area contributed by atoms with Crippen LogP contribution in [0.3, 0.4) is 0 Å². The van der Waals surface area contributed by atoms with E-state index in [0.717, 1.165) is 16.7 Å². The number of rotatable bonds is 1. The minimum Gasteiger partial charge on any atom is -0.253 e. The lowest BCUT2D eigenvalue weighted by molar-refractivity contribution is 0.626. The van der Waals surface area contributed by atoms with Gasteiger partial charge >= 0.3 is 0 Å². The molecule has 0 aliphatic rings. The van der Waals surface area contributed by atoms with Gasteiger partial charge in [0.2, 0.25) is 0 Å². The molecule has 0 bridgehead atoms. The molecule has 5 heteroatoms. The van der Waals surface area contributed by atoms with E-state index in [2.05, 4.69) is 15.3 Å². The van der Waals surface area contributed by atoms with Crippen LogP contribution in [0, 0.1) is 19.7 Å². The number of hydrogen-bond donors (Lipinski definition) is 0. The van der Waals surface area contributed by atoms with Gasteiger partial charge in [0.1, 0.15) is 11.3 Å². The van der Waals surface area contributed by atoms with Gasteiger partial charge in [0.05, 0.1) is 16.7 Å². The van der Waals surface area contributed by atoms with Gasteiger partial charge in [-0.1, -0.05) is 17.3 Å². The van der Waals surface area contributed by atoms with Crippen molar-refractivity contribution in [3.8, 4) is 5.69 Å². The van der Waals surface area contributed by atoms with Gasteiger partial charge in [-0.2, -0.15) is 0 Å². The minimum absolute atomic E-state index is 0.228. The Bertz CT molecular complexity index is 1020. The summed E-state index contributed by atoms with van der Waals surface area (Å²) in [6.07, 6.45) is 0. The SMILES string of the molecule is Cc1nc2ccc(-n3nnc4ccccc43)cc2c(F)c1C. The summed E-state index contributed by atoms with van der Waals surface area (Å²) in [5, 5.41) is 8.80. The topological polar surface area (TPSA) is 43.6 Å². The van der Waals surface area contributed by atoms with E-state index < -0.39 is 0 Å². The van der Waals surface area contributed by atoms with E-state index in [0.29, 0.717) is 22.2 Å². The maximum atomic E-state index is 14.5.